The van der Waals surface area contributed by atoms with Crippen molar-refractivity contribution in [3.63, 3.8) is 0 Å². The van der Waals surface area contributed by atoms with E-state index in [4.69, 9.17) is 0 Å². The molecule has 2 aromatic carbocycles. The van der Waals surface area contributed by atoms with Gasteiger partial charge in [-0.1, -0.05) is 30.3 Å². The Kier molecular flexibility index (Phi) is 6.20. The van der Waals surface area contributed by atoms with Crippen molar-refractivity contribution in [2.45, 2.75) is 19.4 Å². The van der Waals surface area contributed by atoms with Crippen molar-refractivity contribution < 1.29 is 4.39 Å². The molecule has 3 aromatic rings. The highest BCUT2D eigenvalue weighted by Crippen LogP contribution is 2.11. The molecule has 0 aliphatic carbocycles. The molecule has 6 heteroatoms. The highest BCUT2D eigenvalue weighted by molar-refractivity contribution is 5.80. The Balaban J connectivity index is 1.50. The molecule has 0 aliphatic heterocycles. The zero-order chi connectivity index (χ0) is 19.1. The topological polar surface area (TPSA) is 54.2 Å². The predicted octanol–water partition coefficient (Wildman–Crippen LogP) is 3.48. The minimum atomic E-state index is -0.251. The van der Waals surface area contributed by atoms with E-state index in [0.29, 0.717) is 6.54 Å². The maximum absolute atomic E-state index is 13.0. The van der Waals surface area contributed by atoms with E-state index in [0.717, 1.165) is 23.8 Å². The molecule has 27 heavy (non-hydrogen) atoms. The Morgan fingerprint density at radius 1 is 1.11 bits per heavy atom. The van der Waals surface area contributed by atoms with Crippen molar-refractivity contribution in [1.29, 1.82) is 0 Å². The molecule has 0 fully saturated rings. The molecule has 0 radical (unpaired) electrons. The summed E-state index contributed by atoms with van der Waals surface area (Å²) in [5, 5.41) is 11.2. The van der Waals surface area contributed by atoms with Gasteiger partial charge in [-0.05, 0) is 42.8 Å². The number of nitrogens with one attached hydrogen (secondary N) is 2. The lowest BCUT2D eigenvalue weighted by Gasteiger charge is -2.18. The predicted molar refractivity (Wildman–Crippen MR) is 107 cm³/mol. The molecule has 0 saturated carbocycles. The molecule has 0 saturated heterocycles. The van der Waals surface area contributed by atoms with Gasteiger partial charge < -0.3 is 10.6 Å². The lowest BCUT2D eigenvalue weighted by atomic mass is 10.1. The fourth-order valence-electron chi connectivity index (χ4n) is 2.77. The fraction of sp³-hybridized carbons (Fsp3) is 0.238. The van der Waals surface area contributed by atoms with Crippen LogP contribution in [0.1, 0.15) is 24.2 Å². The van der Waals surface area contributed by atoms with E-state index >= 15 is 0 Å². The Morgan fingerprint density at radius 2 is 1.85 bits per heavy atom. The summed E-state index contributed by atoms with van der Waals surface area (Å²) in [6.07, 6.45) is 2.64. The molecule has 0 bridgehead atoms. The van der Waals surface area contributed by atoms with Gasteiger partial charge in [-0.3, -0.25) is 4.99 Å². The number of hydrogen-bond acceptors (Lipinski definition) is 2. The molecule has 0 spiro atoms. The van der Waals surface area contributed by atoms with Crippen molar-refractivity contribution >= 4 is 5.96 Å². The monoisotopic (exact) mass is 365 g/mol. The van der Waals surface area contributed by atoms with Crippen LogP contribution >= 0.6 is 0 Å². The zero-order valence-corrected chi connectivity index (χ0v) is 15.6. The van der Waals surface area contributed by atoms with Gasteiger partial charge in [0.1, 0.15) is 5.82 Å². The minimum Gasteiger partial charge on any atom is -0.356 e. The summed E-state index contributed by atoms with van der Waals surface area (Å²) in [6, 6.07) is 18.7. The first-order valence-corrected chi connectivity index (χ1v) is 8.98. The molecule has 2 N–H and O–H groups in total. The van der Waals surface area contributed by atoms with Crippen LogP contribution in [0, 0.1) is 5.82 Å². The largest absolute Gasteiger partial charge is 0.356 e. The van der Waals surface area contributed by atoms with E-state index in [1.54, 1.807) is 23.9 Å². The van der Waals surface area contributed by atoms with Crippen LogP contribution in [0.2, 0.25) is 0 Å². The van der Waals surface area contributed by atoms with Gasteiger partial charge in [-0.25, -0.2) is 9.07 Å². The van der Waals surface area contributed by atoms with E-state index in [9.17, 15) is 4.39 Å². The number of guanidine groups is 1. The summed E-state index contributed by atoms with van der Waals surface area (Å²) < 4.78 is 14.8. The zero-order valence-electron chi connectivity index (χ0n) is 15.6. The molecule has 0 aliphatic rings. The number of aliphatic imine (C=N–C) groups is 1. The molecule has 1 unspecified atom stereocenters. The SMILES string of the molecule is CN=C(NCCc1ccn(-c2ccc(F)cc2)n1)NC(C)c1ccccc1. The second kappa shape index (κ2) is 8.98. The van der Waals surface area contributed by atoms with Gasteiger partial charge in [0, 0.05) is 26.2 Å². The molecule has 140 valence electrons. The van der Waals surface area contributed by atoms with Crippen molar-refractivity contribution in [2.24, 2.45) is 4.99 Å². The van der Waals surface area contributed by atoms with Crippen molar-refractivity contribution in [1.82, 2.24) is 20.4 Å². The van der Waals surface area contributed by atoms with E-state index in [-0.39, 0.29) is 11.9 Å². The first kappa shape index (κ1) is 18.6. The van der Waals surface area contributed by atoms with Crippen molar-refractivity contribution in [2.75, 3.05) is 13.6 Å². The molecule has 0 amide bonds. The number of benzene rings is 2. The van der Waals surface area contributed by atoms with E-state index in [1.807, 2.05) is 30.5 Å². The summed E-state index contributed by atoms with van der Waals surface area (Å²) in [7, 11) is 1.76. The Hall–Kier alpha value is -3.15. The number of hydrogen-bond donors (Lipinski definition) is 2. The molecule has 1 atom stereocenters. The van der Waals surface area contributed by atoms with Gasteiger partial charge in [0.15, 0.2) is 5.96 Å². The third kappa shape index (κ3) is 5.17. The van der Waals surface area contributed by atoms with Crippen LogP contribution in [0.4, 0.5) is 4.39 Å². The third-order valence-corrected chi connectivity index (χ3v) is 4.29. The normalized spacial score (nSPS) is 12.6. The number of rotatable bonds is 6. The summed E-state index contributed by atoms with van der Waals surface area (Å²) in [6.45, 7) is 2.81. The third-order valence-electron chi connectivity index (χ3n) is 4.29. The van der Waals surface area contributed by atoms with Crippen LogP contribution in [0.15, 0.2) is 71.9 Å². The molecular formula is C21H24FN5. The van der Waals surface area contributed by atoms with E-state index in [1.165, 1.54) is 17.7 Å². The lowest BCUT2D eigenvalue weighted by Crippen LogP contribution is -2.39. The van der Waals surface area contributed by atoms with Gasteiger partial charge in [0.2, 0.25) is 0 Å². The summed E-state index contributed by atoms with van der Waals surface area (Å²) in [4.78, 5) is 4.28. The van der Waals surface area contributed by atoms with Crippen molar-refractivity contribution in [3.8, 4) is 5.69 Å². The first-order valence-electron chi connectivity index (χ1n) is 8.98. The van der Waals surface area contributed by atoms with Gasteiger partial charge in [0.05, 0.1) is 17.4 Å². The summed E-state index contributed by atoms with van der Waals surface area (Å²) in [5.74, 6) is 0.503. The molecule has 3 rings (SSSR count). The van der Waals surface area contributed by atoms with Gasteiger partial charge >= 0.3 is 0 Å². The fourth-order valence-corrected chi connectivity index (χ4v) is 2.77. The highest BCUT2D eigenvalue weighted by atomic mass is 19.1. The number of nitrogens with zero attached hydrogens (tertiary/aromatic N) is 3. The van der Waals surface area contributed by atoms with E-state index < -0.39 is 0 Å². The maximum atomic E-state index is 13.0. The highest BCUT2D eigenvalue weighted by Gasteiger charge is 2.07. The van der Waals surface area contributed by atoms with Crippen LogP contribution in [0.5, 0.6) is 0 Å². The molecule has 1 heterocycles. The average Bonchev–Trinajstić information content (AvgIpc) is 3.17. The van der Waals surface area contributed by atoms with Gasteiger partial charge in [0.25, 0.3) is 0 Å². The van der Waals surface area contributed by atoms with Crippen LogP contribution in [-0.2, 0) is 6.42 Å². The summed E-state index contributed by atoms with van der Waals surface area (Å²) >= 11 is 0. The second-order valence-corrected chi connectivity index (χ2v) is 6.25. The van der Waals surface area contributed by atoms with Gasteiger partial charge in [-0.2, -0.15) is 5.10 Å². The molecular weight excluding hydrogens is 341 g/mol. The van der Waals surface area contributed by atoms with Crippen LogP contribution in [-0.4, -0.2) is 29.3 Å². The Bertz CT molecular complexity index is 871. The average molecular weight is 365 g/mol. The number of halogens is 1. The van der Waals surface area contributed by atoms with Crippen LogP contribution < -0.4 is 10.6 Å². The molecule has 1 aromatic heterocycles. The summed E-state index contributed by atoms with van der Waals surface area (Å²) in [5.41, 5.74) is 3.00. The van der Waals surface area contributed by atoms with Crippen LogP contribution in [0.25, 0.3) is 5.69 Å². The first-order chi connectivity index (χ1) is 13.2. The smallest absolute Gasteiger partial charge is 0.191 e. The van der Waals surface area contributed by atoms with Crippen molar-refractivity contribution in [3.05, 3.63) is 83.9 Å². The van der Waals surface area contributed by atoms with Crippen LogP contribution in [0.3, 0.4) is 0 Å². The standard InChI is InChI=1S/C21H24FN5/c1-16(17-6-4-3-5-7-17)25-21(23-2)24-14-12-19-13-15-27(26-19)20-10-8-18(22)9-11-20/h3-11,13,15-16H,12,14H2,1-2H3,(H2,23,24,25). The number of aromatic nitrogens is 2. The Morgan fingerprint density at radius 3 is 2.56 bits per heavy atom. The lowest BCUT2D eigenvalue weighted by molar-refractivity contribution is 0.627. The minimum absolute atomic E-state index is 0.162. The second-order valence-electron chi connectivity index (χ2n) is 6.25. The molecule has 5 nitrogen and oxygen atoms in total. The van der Waals surface area contributed by atoms with Gasteiger partial charge in [-0.15, -0.1) is 0 Å². The quantitative estimate of drug-likeness (QED) is 0.519. The van der Waals surface area contributed by atoms with E-state index in [2.05, 4.69) is 39.8 Å². The maximum Gasteiger partial charge on any atom is 0.191 e. The Labute approximate surface area is 159 Å².